The Morgan fingerprint density at radius 1 is 1.33 bits per heavy atom. The molecule has 0 N–H and O–H groups in total. The minimum absolute atomic E-state index is 0.427. The predicted molar refractivity (Wildman–Crippen MR) is 80.4 cm³/mol. The van der Waals surface area contributed by atoms with E-state index in [1.807, 2.05) is 60.6 Å². The molecule has 0 spiro atoms. The van der Waals surface area contributed by atoms with Crippen LogP contribution in [0.15, 0.2) is 53.6 Å². The highest BCUT2D eigenvalue weighted by molar-refractivity contribution is 8.03. The van der Waals surface area contributed by atoms with E-state index >= 15 is 0 Å². The molecule has 0 saturated heterocycles. The van der Waals surface area contributed by atoms with E-state index in [4.69, 9.17) is 5.26 Å². The second kappa shape index (κ2) is 7.62. The first kappa shape index (κ1) is 14.4. The van der Waals surface area contributed by atoms with Crippen LogP contribution in [0, 0.1) is 11.3 Å². The number of para-hydroxylation sites is 1. The molecule has 0 aliphatic rings. The SMILES string of the molecule is CC(C)SC(C#N)=CC=CN(C)c1ccccc1. The smallest absolute Gasteiger partial charge is 0.106 e. The third kappa shape index (κ3) is 5.11. The molecule has 1 rings (SSSR count). The van der Waals surface area contributed by atoms with Gasteiger partial charge in [-0.05, 0) is 24.3 Å². The molecule has 0 fully saturated rings. The average Bonchev–Trinajstić information content (AvgIpc) is 2.38. The molecule has 0 aliphatic heterocycles. The fourth-order valence-electron chi connectivity index (χ4n) is 1.37. The fourth-order valence-corrected chi connectivity index (χ4v) is 2.08. The summed E-state index contributed by atoms with van der Waals surface area (Å²) in [6.45, 7) is 4.16. The average molecular weight is 258 g/mol. The van der Waals surface area contributed by atoms with Crippen molar-refractivity contribution in [3.63, 3.8) is 0 Å². The molecule has 0 unspecified atom stereocenters. The number of rotatable bonds is 5. The zero-order valence-corrected chi connectivity index (χ0v) is 11.8. The standard InChI is InChI=1S/C15H18N2S/c1-13(2)18-15(12-16)10-7-11-17(3)14-8-5-4-6-9-14/h4-11,13H,1-3H3. The Morgan fingerprint density at radius 3 is 2.56 bits per heavy atom. The highest BCUT2D eigenvalue weighted by Crippen LogP contribution is 2.20. The third-order valence-corrected chi connectivity index (χ3v) is 3.15. The number of benzene rings is 1. The van der Waals surface area contributed by atoms with Crippen molar-refractivity contribution in [3.8, 4) is 6.07 Å². The van der Waals surface area contributed by atoms with Crippen LogP contribution in [0.1, 0.15) is 13.8 Å². The van der Waals surface area contributed by atoms with Gasteiger partial charge < -0.3 is 4.90 Å². The number of allylic oxidation sites excluding steroid dienone is 3. The minimum Gasteiger partial charge on any atom is -0.351 e. The maximum atomic E-state index is 8.97. The van der Waals surface area contributed by atoms with Crippen molar-refractivity contribution in [2.75, 3.05) is 11.9 Å². The molecular formula is C15H18N2S. The van der Waals surface area contributed by atoms with Gasteiger partial charge in [-0.15, -0.1) is 11.8 Å². The Morgan fingerprint density at radius 2 is 2.00 bits per heavy atom. The second-order valence-corrected chi connectivity index (χ2v) is 5.72. The normalized spacial score (nSPS) is 11.8. The van der Waals surface area contributed by atoms with Crippen molar-refractivity contribution in [1.82, 2.24) is 0 Å². The number of nitrogens with zero attached hydrogens (tertiary/aromatic N) is 2. The maximum Gasteiger partial charge on any atom is 0.106 e. The molecule has 94 valence electrons. The molecule has 18 heavy (non-hydrogen) atoms. The summed E-state index contributed by atoms with van der Waals surface area (Å²) in [5, 5.41) is 9.40. The molecule has 0 bridgehead atoms. The van der Waals surface area contributed by atoms with Crippen LogP contribution in [0.3, 0.4) is 0 Å². The van der Waals surface area contributed by atoms with Crippen molar-refractivity contribution in [2.45, 2.75) is 19.1 Å². The second-order valence-electron chi connectivity index (χ2n) is 4.10. The van der Waals surface area contributed by atoms with Crippen molar-refractivity contribution in [1.29, 1.82) is 5.26 Å². The van der Waals surface area contributed by atoms with Crippen LogP contribution >= 0.6 is 11.8 Å². The first-order valence-electron chi connectivity index (χ1n) is 5.86. The minimum atomic E-state index is 0.427. The molecule has 1 aromatic rings. The number of hydrogen-bond donors (Lipinski definition) is 0. The summed E-state index contributed by atoms with van der Waals surface area (Å²) < 4.78 is 0. The van der Waals surface area contributed by atoms with Crippen LogP contribution in [-0.2, 0) is 0 Å². The summed E-state index contributed by atoms with van der Waals surface area (Å²) in [6.07, 6.45) is 5.71. The van der Waals surface area contributed by atoms with Crippen LogP contribution in [0.2, 0.25) is 0 Å². The lowest BCUT2D eigenvalue weighted by Crippen LogP contribution is -2.06. The summed E-state index contributed by atoms with van der Waals surface area (Å²) in [4.78, 5) is 2.76. The topological polar surface area (TPSA) is 27.0 Å². The van der Waals surface area contributed by atoms with Crippen LogP contribution in [-0.4, -0.2) is 12.3 Å². The van der Waals surface area contributed by atoms with E-state index in [2.05, 4.69) is 19.9 Å². The molecular weight excluding hydrogens is 240 g/mol. The van der Waals surface area contributed by atoms with Gasteiger partial charge in [0.05, 0.1) is 4.91 Å². The van der Waals surface area contributed by atoms with Crippen LogP contribution in [0.4, 0.5) is 5.69 Å². The van der Waals surface area contributed by atoms with Gasteiger partial charge in [-0.3, -0.25) is 0 Å². The van der Waals surface area contributed by atoms with E-state index in [-0.39, 0.29) is 0 Å². The van der Waals surface area contributed by atoms with Gasteiger partial charge in [-0.1, -0.05) is 32.0 Å². The number of thioether (sulfide) groups is 1. The summed E-state index contributed by atoms with van der Waals surface area (Å²) in [5.74, 6) is 0. The van der Waals surface area contributed by atoms with E-state index < -0.39 is 0 Å². The molecule has 0 atom stereocenters. The molecule has 3 heteroatoms. The quantitative estimate of drug-likeness (QED) is 0.585. The molecule has 0 amide bonds. The van der Waals surface area contributed by atoms with Gasteiger partial charge in [-0.2, -0.15) is 5.26 Å². The Balaban J connectivity index is 2.64. The fraction of sp³-hybridized carbons (Fsp3) is 0.267. The summed E-state index contributed by atoms with van der Waals surface area (Å²) in [5.41, 5.74) is 1.12. The lowest BCUT2D eigenvalue weighted by Gasteiger charge is -2.13. The maximum absolute atomic E-state index is 8.97. The van der Waals surface area contributed by atoms with E-state index in [1.165, 1.54) is 0 Å². The van der Waals surface area contributed by atoms with Gasteiger partial charge in [-0.25, -0.2) is 0 Å². The Hall–Kier alpha value is -1.66. The zero-order chi connectivity index (χ0) is 13.4. The number of hydrogen-bond acceptors (Lipinski definition) is 3. The molecule has 0 heterocycles. The van der Waals surface area contributed by atoms with E-state index in [0.29, 0.717) is 5.25 Å². The highest BCUT2D eigenvalue weighted by atomic mass is 32.2. The van der Waals surface area contributed by atoms with Gasteiger partial charge in [0, 0.05) is 24.2 Å². The van der Waals surface area contributed by atoms with Gasteiger partial charge in [0.25, 0.3) is 0 Å². The van der Waals surface area contributed by atoms with Gasteiger partial charge >= 0.3 is 0 Å². The van der Waals surface area contributed by atoms with Crippen LogP contribution in [0.5, 0.6) is 0 Å². The lowest BCUT2D eigenvalue weighted by molar-refractivity contribution is 1.12. The molecule has 0 saturated carbocycles. The Kier molecular flexibility index (Phi) is 6.10. The van der Waals surface area contributed by atoms with Crippen molar-refractivity contribution >= 4 is 17.4 Å². The molecule has 0 radical (unpaired) electrons. The number of anilines is 1. The predicted octanol–water partition coefficient (Wildman–Crippen LogP) is 4.19. The third-order valence-electron chi connectivity index (χ3n) is 2.19. The molecule has 0 aliphatic carbocycles. The van der Waals surface area contributed by atoms with Crippen LogP contribution < -0.4 is 4.90 Å². The highest BCUT2D eigenvalue weighted by Gasteiger charge is 1.99. The first-order chi connectivity index (χ1) is 8.63. The van der Waals surface area contributed by atoms with Gasteiger partial charge in [0.15, 0.2) is 0 Å². The summed E-state index contributed by atoms with van der Waals surface area (Å²) in [7, 11) is 1.99. The Bertz CT molecular complexity index is 455. The Labute approximate surface area is 114 Å². The molecule has 0 aromatic heterocycles. The van der Waals surface area contributed by atoms with E-state index in [1.54, 1.807) is 11.8 Å². The summed E-state index contributed by atoms with van der Waals surface area (Å²) >= 11 is 1.58. The van der Waals surface area contributed by atoms with Crippen molar-refractivity contribution < 1.29 is 0 Å². The van der Waals surface area contributed by atoms with Gasteiger partial charge in [0.1, 0.15) is 6.07 Å². The zero-order valence-electron chi connectivity index (χ0n) is 11.0. The summed E-state index contributed by atoms with van der Waals surface area (Å²) in [6, 6.07) is 12.3. The molecule has 1 aromatic carbocycles. The van der Waals surface area contributed by atoms with Gasteiger partial charge in [0.2, 0.25) is 0 Å². The van der Waals surface area contributed by atoms with E-state index in [0.717, 1.165) is 10.6 Å². The van der Waals surface area contributed by atoms with Crippen molar-refractivity contribution in [3.05, 3.63) is 53.6 Å². The largest absolute Gasteiger partial charge is 0.351 e. The monoisotopic (exact) mass is 258 g/mol. The lowest BCUT2D eigenvalue weighted by atomic mass is 10.3. The number of nitriles is 1. The molecule has 2 nitrogen and oxygen atoms in total. The van der Waals surface area contributed by atoms with Crippen LogP contribution in [0.25, 0.3) is 0 Å². The first-order valence-corrected chi connectivity index (χ1v) is 6.74. The van der Waals surface area contributed by atoms with Crippen molar-refractivity contribution in [2.24, 2.45) is 0 Å². The van der Waals surface area contributed by atoms with E-state index in [9.17, 15) is 0 Å².